The van der Waals surface area contributed by atoms with Gasteiger partial charge in [0.15, 0.2) is 0 Å². The number of aliphatic hydroxyl groups is 1. The number of aromatic nitrogens is 1. The first-order chi connectivity index (χ1) is 9.60. The molecule has 4 nitrogen and oxygen atoms in total. The minimum atomic E-state index is -0.181. The Balaban J connectivity index is 2.02. The van der Waals surface area contributed by atoms with Gasteiger partial charge in [-0.1, -0.05) is 11.8 Å². The van der Waals surface area contributed by atoms with E-state index in [1.54, 1.807) is 29.7 Å². The lowest BCUT2D eigenvalue weighted by Crippen LogP contribution is -2.25. The number of hydrogen-bond acceptors (Lipinski definition) is 5. The van der Waals surface area contributed by atoms with E-state index in [9.17, 15) is 4.79 Å². The summed E-state index contributed by atoms with van der Waals surface area (Å²) in [7, 11) is 0. The molecule has 2 heterocycles. The summed E-state index contributed by atoms with van der Waals surface area (Å²) in [4.78, 5) is 18.9. The summed E-state index contributed by atoms with van der Waals surface area (Å²) in [5.74, 6) is 5.22. The van der Waals surface area contributed by atoms with Crippen molar-refractivity contribution in [1.82, 2.24) is 10.3 Å². The molecule has 104 valence electrons. The van der Waals surface area contributed by atoms with Crippen LogP contribution in [0.2, 0.25) is 0 Å². The zero-order valence-corrected chi connectivity index (χ0v) is 12.8. The second-order valence-electron chi connectivity index (χ2n) is 4.13. The minimum absolute atomic E-state index is 0.115. The fourth-order valence-electron chi connectivity index (χ4n) is 1.56. The van der Waals surface area contributed by atoms with Crippen LogP contribution < -0.4 is 5.32 Å². The summed E-state index contributed by atoms with van der Waals surface area (Å²) in [5.41, 5.74) is 0. The Bertz CT molecular complexity index is 664. The van der Waals surface area contributed by atoms with Crippen LogP contribution in [-0.4, -0.2) is 22.6 Å². The maximum Gasteiger partial charge on any atom is 0.261 e. The Morgan fingerprint density at radius 2 is 2.30 bits per heavy atom. The minimum Gasteiger partial charge on any atom is -0.384 e. The van der Waals surface area contributed by atoms with Crippen LogP contribution in [0.4, 0.5) is 0 Å². The fourth-order valence-corrected chi connectivity index (χ4v) is 3.12. The van der Waals surface area contributed by atoms with E-state index in [0.717, 1.165) is 14.8 Å². The molecule has 6 heteroatoms. The molecule has 0 aliphatic carbocycles. The van der Waals surface area contributed by atoms with Crippen molar-refractivity contribution in [1.29, 1.82) is 0 Å². The molecule has 0 bridgehead atoms. The highest BCUT2D eigenvalue weighted by atomic mass is 32.1. The van der Waals surface area contributed by atoms with E-state index in [4.69, 9.17) is 5.11 Å². The summed E-state index contributed by atoms with van der Waals surface area (Å²) in [6.45, 7) is 3.72. The molecule has 2 rings (SSSR count). The molecular weight excluding hydrogens is 292 g/mol. The van der Waals surface area contributed by atoms with E-state index in [2.05, 4.69) is 22.1 Å². The maximum atomic E-state index is 12.1. The van der Waals surface area contributed by atoms with E-state index in [1.165, 1.54) is 11.3 Å². The monoisotopic (exact) mass is 306 g/mol. The Labute approximate surface area is 125 Å². The van der Waals surface area contributed by atoms with Gasteiger partial charge in [-0.2, -0.15) is 0 Å². The second-order valence-corrected chi connectivity index (χ2v) is 6.48. The number of nitrogens with one attached hydrogen (secondary N) is 1. The molecule has 2 aromatic heterocycles. The van der Waals surface area contributed by atoms with Crippen LogP contribution in [0, 0.1) is 18.8 Å². The molecule has 0 aliphatic rings. The smallest absolute Gasteiger partial charge is 0.261 e. The van der Waals surface area contributed by atoms with Crippen molar-refractivity contribution in [3.05, 3.63) is 38.0 Å². The number of hydrogen-bond donors (Lipinski definition) is 2. The largest absolute Gasteiger partial charge is 0.384 e. The topological polar surface area (TPSA) is 62.2 Å². The average molecular weight is 306 g/mol. The SMILES string of the molecule is Cc1cnc(C(C)NC(=O)c2ccc(C#CCO)s2)s1. The molecule has 0 aliphatic heterocycles. The first kappa shape index (κ1) is 14.7. The first-order valence-electron chi connectivity index (χ1n) is 6.03. The van der Waals surface area contributed by atoms with Gasteiger partial charge in [0, 0.05) is 11.1 Å². The van der Waals surface area contributed by atoms with Gasteiger partial charge in [-0.25, -0.2) is 4.98 Å². The third-order valence-corrected chi connectivity index (χ3v) is 4.57. The number of aryl methyl sites for hydroxylation is 1. The lowest BCUT2D eigenvalue weighted by Gasteiger charge is -2.09. The van der Waals surface area contributed by atoms with Crippen LogP contribution in [0.5, 0.6) is 0 Å². The van der Waals surface area contributed by atoms with Gasteiger partial charge in [-0.3, -0.25) is 4.79 Å². The third kappa shape index (κ3) is 3.67. The van der Waals surface area contributed by atoms with Gasteiger partial charge in [-0.05, 0) is 26.0 Å². The molecule has 1 atom stereocenters. The fraction of sp³-hybridized carbons (Fsp3) is 0.286. The van der Waals surface area contributed by atoms with E-state index < -0.39 is 0 Å². The summed E-state index contributed by atoms with van der Waals surface area (Å²) >= 11 is 2.89. The first-order valence-corrected chi connectivity index (χ1v) is 7.66. The Hall–Kier alpha value is -1.68. The summed E-state index contributed by atoms with van der Waals surface area (Å²) < 4.78 is 0. The number of aliphatic hydroxyl groups excluding tert-OH is 1. The molecule has 2 N–H and O–H groups in total. The quantitative estimate of drug-likeness (QED) is 0.856. The molecule has 20 heavy (non-hydrogen) atoms. The molecule has 0 radical (unpaired) electrons. The van der Waals surface area contributed by atoms with Crippen molar-refractivity contribution in [2.45, 2.75) is 19.9 Å². The second kappa shape index (κ2) is 6.66. The van der Waals surface area contributed by atoms with Gasteiger partial charge in [0.25, 0.3) is 5.91 Å². The van der Waals surface area contributed by atoms with Crippen LogP contribution in [0.15, 0.2) is 18.3 Å². The van der Waals surface area contributed by atoms with E-state index in [1.807, 2.05) is 13.8 Å². The molecule has 0 saturated carbocycles. The molecule has 1 unspecified atom stereocenters. The molecule has 2 aromatic rings. The number of rotatable bonds is 3. The molecule has 0 fully saturated rings. The van der Waals surface area contributed by atoms with Crippen LogP contribution >= 0.6 is 22.7 Å². The Kier molecular flexibility index (Phi) is 4.90. The molecule has 0 spiro atoms. The molecular formula is C14H14N2O2S2. The lowest BCUT2D eigenvalue weighted by molar-refractivity contribution is 0.0944. The zero-order valence-electron chi connectivity index (χ0n) is 11.1. The van der Waals surface area contributed by atoms with Crippen molar-refractivity contribution in [3.63, 3.8) is 0 Å². The summed E-state index contributed by atoms with van der Waals surface area (Å²) in [5, 5.41) is 12.4. The molecule has 0 aromatic carbocycles. The van der Waals surface area contributed by atoms with E-state index in [0.29, 0.717) is 4.88 Å². The van der Waals surface area contributed by atoms with Gasteiger partial charge in [0.1, 0.15) is 11.6 Å². The number of amides is 1. The number of thiophene rings is 1. The normalized spacial score (nSPS) is 11.6. The molecule has 0 saturated heterocycles. The predicted octanol–water partition coefficient (Wildman–Crippen LogP) is 2.35. The summed E-state index contributed by atoms with van der Waals surface area (Å²) in [6.07, 6.45) is 1.80. The lowest BCUT2D eigenvalue weighted by atomic mass is 10.3. The van der Waals surface area contributed by atoms with Crippen molar-refractivity contribution in [2.75, 3.05) is 6.61 Å². The van der Waals surface area contributed by atoms with Crippen molar-refractivity contribution < 1.29 is 9.90 Å². The van der Waals surface area contributed by atoms with Crippen molar-refractivity contribution in [2.24, 2.45) is 0 Å². The average Bonchev–Trinajstić information content (AvgIpc) is 3.05. The van der Waals surface area contributed by atoms with Gasteiger partial charge in [-0.15, -0.1) is 22.7 Å². The number of nitrogens with zero attached hydrogens (tertiary/aromatic N) is 1. The zero-order chi connectivity index (χ0) is 14.5. The maximum absolute atomic E-state index is 12.1. The standard InChI is InChI=1S/C14H14N2O2S2/c1-9-8-15-14(19-9)10(2)16-13(18)12-6-5-11(20-12)4-3-7-17/h5-6,8,10,17H,7H2,1-2H3,(H,16,18). The summed E-state index contributed by atoms with van der Waals surface area (Å²) in [6, 6.07) is 3.40. The Morgan fingerprint density at radius 1 is 1.50 bits per heavy atom. The van der Waals surface area contributed by atoms with Gasteiger partial charge in [0.2, 0.25) is 0 Å². The van der Waals surface area contributed by atoms with Crippen LogP contribution in [0.1, 0.15) is 37.4 Å². The van der Waals surface area contributed by atoms with Gasteiger partial charge >= 0.3 is 0 Å². The Morgan fingerprint density at radius 3 is 2.95 bits per heavy atom. The highest BCUT2D eigenvalue weighted by Gasteiger charge is 2.15. The predicted molar refractivity (Wildman–Crippen MR) is 81.0 cm³/mol. The van der Waals surface area contributed by atoms with Crippen LogP contribution in [0.3, 0.4) is 0 Å². The third-order valence-electron chi connectivity index (χ3n) is 2.48. The number of carbonyl (C=O) groups is 1. The van der Waals surface area contributed by atoms with E-state index >= 15 is 0 Å². The highest BCUT2D eigenvalue weighted by Crippen LogP contribution is 2.21. The number of carbonyl (C=O) groups excluding carboxylic acids is 1. The van der Waals surface area contributed by atoms with Crippen LogP contribution in [-0.2, 0) is 0 Å². The van der Waals surface area contributed by atoms with Crippen molar-refractivity contribution in [3.8, 4) is 11.8 Å². The van der Waals surface area contributed by atoms with Gasteiger partial charge < -0.3 is 10.4 Å². The number of thiazole rings is 1. The van der Waals surface area contributed by atoms with Gasteiger partial charge in [0.05, 0.1) is 15.8 Å². The highest BCUT2D eigenvalue weighted by molar-refractivity contribution is 7.14. The van der Waals surface area contributed by atoms with E-state index in [-0.39, 0.29) is 18.6 Å². The molecule has 1 amide bonds. The van der Waals surface area contributed by atoms with Crippen LogP contribution in [0.25, 0.3) is 0 Å². The van der Waals surface area contributed by atoms with Crippen molar-refractivity contribution >= 4 is 28.6 Å².